The molecule has 2 amide bonds. The maximum absolute atomic E-state index is 12.0. The summed E-state index contributed by atoms with van der Waals surface area (Å²) < 4.78 is 5.08. The number of carbonyl (C=O) groups is 2. The molecule has 20 heavy (non-hydrogen) atoms. The van der Waals surface area contributed by atoms with Crippen molar-refractivity contribution >= 4 is 17.5 Å². The zero-order chi connectivity index (χ0) is 14.5. The molecule has 1 heterocycles. The Morgan fingerprint density at radius 3 is 2.90 bits per heavy atom. The van der Waals surface area contributed by atoms with Gasteiger partial charge in [-0.05, 0) is 36.6 Å². The molecule has 1 aliphatic rings. The number of hydrogen-bond donors (Lipinski definition) is 1. The molecule has 0 unspecified atom stereocenters. The molecule has 5 nitrogen and oxygen atoms in total. The van der Waals surface area contributed by atoms with E-state index in [1.165, 1.54) is 11.0 Å². The SMILES string of the molecule is COc1ccc(CCC(=O)N2CCC=CC2=O)cc1N. The molecule has 1 aliphatic heterocycles. The van der Waals surface area contributed by atoms with Crippen LogP contribution < -0.4 is 10.5 Å². The Morgan fingerprint density at radius 1 is 1.45 bits per heavy atom. The molecular weight excluding hydrogens is 256 g/mol. The Hall–Kier alpha value is -2.30. The number of methoxy groups -OCH3 is 1. The van der Waals surface area contributed by atoms with E-state index in [2.05, 4.69) is 0 Å². The highest BCUT2D eigenvalue weighted by Crippen LogP contribution is 2.22. The summed E-state index contributed by atoms with van der Waals surface area (Å²) >= 11 is 0. The van der Waals surface area contributed by atoms with Crippen molar-refractivity contribution in [2.75, 3.05) is 19.4 Å². The first-order valence-corrected chi connectivity index (χ1v) is 6.55. The van der Waals surface area contributed by atoms with Crippen molar-refractivity contribution in [1.82, 2.24) is 4.90 Å². The van der Waals surface area contributed by atoms with Crippen LogP contribution in [0.2, 0.25) is 0 Å². The average Bonchev–Trinajstić information content (AvgIpc) is 2.45. The predicted octanol–water partition coefficient (Wildman–Crippen LogP) is 1.53. The van der Waals surface area contributed by atoms with E-state index in [9.17, 15) is 9.59 Å². The summed E-state index contributed by atoms with van der Waals surface area (Å²) in [5, 5.41) is 0. The second-order valence-electron chi connectivity index (χ2n) is 4.65. The lowest BCUT2D eigenvalue weighted by Crippen LogP contribution is -2.38. The van der Waals surface area contributed by atoms with Crippen molar-refractivity contribution in [1.29, 1.82) is 0 Å². The molecule has 0 aromatic heterocycles. The summed E-state index contributed by atoms with van der Waals surface area (Å²) in [6, 6.07) is 5.45. The molecule has 1 aromatic rings. The summed E-state index contributed by atoms with van der Waals surface area (Å²) in [7, 11) is 1.56. The van der Waals surface area contributed by atoms with Crippen LogP contribution in [0.3, 0.4) is 0 Å². The molecule has 106 valence electrons. The minimum Gasteiger partial charge on any atom is -0.495 e. The number of benzene rings is 1. The second-order valence-corrected chi connectivity index (χ2v) is 4.65. The number of carbonyl (C=O) groups excluding carboxylic acids is 2. The van der Waals surface area contributed by atoms with E-state index >= 15 is 0 Å². The van der Waals surface area contributed by atoms with Crippen LogP contribution in [0.4, 0.5) is 5.69 Å². The number of ether oxygens (including phenoxy) is 1. The third-order valence-corrected chi connectivity index (χ3v) is 3.27. The summed E-state index contributed by atoms with van der Waals surface area (Å²) in [5.74, 6) is 0.251. The maximum atomic E-state index is 12.0. The molecule has 0 saturated heterocycles. The third-order valence-electron chi connectivity index (χ3n) is 3.27. The standard InChI is InChI=1S/C15H18N2O3/c1-20-13-7-5-11(10-12(13)16)6-8-15(19)17-9-3-2-4-14(17)18/h2,4-5,7,10H,3,6,8-9,16H2,1H3. The number of hydrogen-bond acceptors (Lipinski definition) is 4. The van der Waals surface area contributed by atoms with Gasteiger partial charge in [0.05, 0.1) is 12.8 Å². The van der Waals surface area contributed by atoms with Crippen LogP contribution >= 0.6 is 0 Å². The molecule has 0 radical (unpaired) electrons. The van der Waals surface area contributed by atoms with E-state index in [1.807, 2.05) is 6.07 Å². The van der Waals surface area contributed by atoms with E-state index in [-0.39, 0.29) is 11.8 Å². The van der Waals surface area contributed by atoms with Gasteiger partial charge in [-0.2, -0.15) is 0 Å². The number of rotatable bonds is 4. The average molecular weight is 274 g/mol. The van der Waals surface area contributed by atoms with Gasteiger partial charge in [-0.25, -0.2) is 0 Å². The predicted molar refractivity (Wildman–Crippen MR) is 76.2 cm³/mol. The molecule has 1 aromatic carbocycles. The summed E-state index contributed by atoms with van der Waals surface area (Å²) in [6.07, 6.45) is 4.82. The van der Waals surface area contributed by atoms with Gasteiger partial charge < -0.3 is 10.5 Å². The second kappa shape index (κ2) is 6.23. The van der Waals surface area contributed by atoms with Crippen molar-refractivity contribution in [3.8, 4) is 5.75 Å². The minimum absolute atomic E-state index is 0.145. The van der Waals surface area contributed by atoms with Gasteiger partial charge in [0.15, 0.2) is 0 Å². The monoisotopic (exact) mass is 274 g/mol. The Balaban J connectivity index is 1.95. The molecule has 0 spiro atoms. The molecule has 0 bridgehead atoms. The highest BCUT2D eigenvalue weighted by Gasteiger charge is 2.20. The Kier molecular flexibility index (Phi) is 4.40. The van der Waals surface area contributed by atoms with Crippen LogP contribution in [0, 0.1) is 0 Å². The maximum Gasteiger partial charge on any atom is 0.252 e. The first-order chi connectivity index (χ1) is 9.61. The fraction of sp³-hybridized carbons (Fsp3) is 0.333. The Bertz CT molecular complexity index is 552. The zero-order valence-corrected chi connectivity index (χ0v) is 11.5. The van der Waals surface area contributed by atoms with Gasteiger partial charge in [0, 0.05) is 13.0 Å². The topological polar surface area (TPSA) is 72.6 Å². The van der Waals surface area contributed by atoms with E-state index in [4.69, 9.17) is 10.5 Å². The Morgan fingerprint density at radius 2 is 2.25 bits per heavy atom. The van der Waals surface area contributed by atoms with Gasteiger partial charge in [-0.1, -0.05) is 12.1 Å². The van der Waals surface area contributed by atoms with E-state index in [1.54, 1.807) is 25.3 Å². The van der Waals surface area contributed by atoms with E-state index in [0.717, 1.165) is 12.0 Å². The van der Waals surface area contributed by atoms with Crippen LogP contribution in [0.15, 0.2) is 30.4 Å². The smallest absolute Gasteiger partial charge is 0.252 e. The highest BCUT2D eigenvalue weighted by molar-refractivity contribution is 6.01. The largest absolute Gasteiger partial charge is 0.495 e. The number of aryl methyl sites for hydroxylation is 1. The van der Waals surface area contributed by atoms with Crippen molar-refractivity contribution in [2.24, 2.45) is 0 Å². The highest BCUT2D eigenvalue weighted by atomic mass is 16.5. The number of anilines is 1. The molecular formula is C15H18N2O3. The lowest BCUT2D eigenvalue weighted by atomic mass is 10.1. The van der Waals surface area contributed by atoms with Gasteiger partial charge in [0.1, 0.15) is 5.75 Å². The van der Waals surface area contributed by atoms with Crippen molar-refractivity contribution in [3.63, 3.8) is 0 Å². The fourth-order valence-electron chi connectivity index (χ4n) is 2.16. The van der Waals surface area contributed by atoms with Crippen molar-refractivity contribution in [2.45, 2.75) is 19.3 Å². The molecule has 0 atom stereocenters. The van der Waals surface area contributed by atoms with E-state index in [0.29, 0.717) is 30.8 Å². The summed E-state index contributed by atoms with van der Waals surface area (Å²) in [5.41, 5.74) is 7.33. The van der Waals surface area contributed by atoms with Gasteiger partial charge in [-0.15, -0.1) is 0 Å². The lowest BCUT2D eigenvalue weighted by molar-refractivity contribution is -0.142. The van der Waals surface area contributed by atoms with Crippen molar-refractivity contribution in [3.05, 3.63) is 35.9 Å². The van der Waals surface area contributed by atoms with Gasteiger partial charge in [-0.3, -0.25) is 14.5 Å². The van der Waals surface area contributed by atoms with Gasteiger partial charge in [0.25, 0.3) is 5.91 Å². The molecule has 0 saturated carbocycles. The normalized spacial score (nSPS) is 14.4. The molecule has 0 aliphatic carbocycles. The van der Waals surface area contributed by atoms with E-state index < -0.39 is 0 Å². The van der Waals surface area contributed by atoms with Crippen LogP contribution in [-0.2, 0) is 16.0 Å². The third kappa shape index (κ3) is 3.17. The summed E-state index contributed by atoms with van der Waals surface area (Å²) in [6.45, 7) is 0.471. The number of nitrogens with zero attached hydrogens (tertiary/aromatic N) is 1. The number of imide groups is 1. The van der Waals surface area contributed by atoms with Crippen LogP contribution in [0.1, 0.15) is 18.4 Å². The fourth-order valence-corrected chi connectivity index (χ4v) is 2.16. The molecule has 0 fully saturated rings. The summed E-state index contributed by atoms with van der Waals surface area (Å²) in [4.78, 5) is 24.9. The lowest BCUT2D eigenvalue weighted by Gasteiger charge is -2.21. The quantitative estimate of drug-likeness (QED) is 0.845. The number of nitrogen functional groups attached to an aromatic ring is 1. The first kappa shape index (κ1) is 14.1. The molecule has 2 N–H and O–H groups in total. The van der Waals surface area contributed by atoms with Gasteiger partial charge >= 0.3 is 0 Å². The van der Waals surface area contributed by atoms with Crippen molar-refractivity contribution < 1.29 is 14.3 Å². The number of amides is 2. The van der Waals surface area contributed by atoms with Gasteiger partial charge in [0.2, 0.25) is 5.91 Å². The van der Waals surface area contributed by atoms with Crippen LogP contribution in [0.5, 0.6) is 5.75 Å². The minimum atomic E-state index is -0.226. The zero-order valence-electron chi connectivity index (χ0n) is 11.5. The van der Waals surface area contributed by atoms with Crippen LogP contribution in [0.25, 0.3) is 0 Å². The van der Waals surface area contributed by atoms with Crippen LogP contribution in [-0.4, -0.2) is 30.4 Å². The Labute approximate surface area is 118 Å². The molecule has 5 heteroatoms. The number of nitrogens with two attached hydrogens (primary N) is 1. The first-order valence-electron chi connectivity index (χ1n) is 6.55. The molecule has 2 rings (SSSR count).